The van der Waals surface area contributed by atoms with Gasteiger partial charge in [-0.1, -0.05) is 48.6 Å². The summed E-state index contributed by atoms with van der Waals surface area (Å²) in [4.78, 5) is 17.7. The summed E-state index contributed by atoms with van der Waals surface area (Å²) in [6.45, 7) is 0. The predicted octanol–water partition coefficient (Wildman–Crippen LogP) is 4.12. The second-order valence-corrected chi connectivity index (χ2v) is 11.5. The number of hydrogen-bond donors (Lipinski definition) is 1. The lowest BCUT2D eigenvalue weighted by Gasteiger charge is -2.40. The van der Waals surface area contributed by atoms with Crippen molar-refractivity contribution in [3.63, 3.8) is 0 Å². The molecule has 1 unspecified atom stereocenters. The number of sulfonamides is 1. The summed E-state index contributed by atoms with van der Waals surface area (Å²) in [5.74, 6) is 0.196. The van der Waals surface area contributed by atoms with Crippen LogP contribution in [-0.4, -0.2) is 45.0 Å². The van der Waals surface area contributed by atoms with Gasteiger partial charge in [0.05, 0.1) is 16.3 Å². The van der Waals surface area contributed by atoms with Crippen molar-refractivity contribution in [3.05, 3.63) is 90.5 Å². The van der Waals surface area contributed by atoms with Gasteiger partial charge in [0.15, 0.2) is 5.65 Å². The normalized spacial score (nSPS) is 18.1. The Morgan fingerprint density at radius 2 is 1.86 bits per heavy atom. The first-order valence-electron chi connectivity index (χ1n) is 11.7. The standard InChI is InChI=1S/C26H23N5O3S2/c32-26-22(14-17-35-25-13-12-24-27-15-16-30(24)29-25)31(21-10-4-3-9-20(21)28-26)36(33,34)23-11-5-7-18-6-1-2-8-19(18)23/h1-2,5-13,15-16,22H,3-4,14,17H2,(H,28,32). The van der Waals surface area contributed by atoms with Gasteiger partial charge in [0.2, 0.25) is 5.91 Å². The van der Waals surface area contributed by atoms with E-state index in [-0.39, 0.29) is 10.8 Å². The molecule has 0 spiro atoms. The van der Waals surface area contributed by atoms with Crippen molar-refractivity contribution >= 4 is 44.1 Å². The maximum atomic E-state index is 14.2. The Balaban J connectivity index is 1.35. The molecule has 1 saturated heterocycles. The number of carbonyl (C=O) groups excluding carboxylic acids is 1. The van der Waals surface area contributed by atoms with Crippen LogP contribution in [0.4, 0.5) is 0 Å². The van der Waals surface area contributed by atoms with Crippen LogP contribution in [0.5, 0.6) is 0 Å². The van der Waals surface area contributed by atoms with E-state index in [0.29, 0.717) is 35.4 Å². The van der Waals surface area contributed by atoms with Gasteiger partial charge in [-0.25, -0.2) is 17.9 Å². The summed E-state index contributed by atoms with van der Waals surface area (Å²) in [5, 5.41) is 9.70. The Morgan fingerprint density at radius 3 is 2.78 bits per heavy atom. The summed E-state index contributed by atoms with van der Waals surface area (Å²) >= 11 is 1.48. The number of rotatable bonds is 6. The van der Waals surface area contributed by atoms with Gasteiger partial charge in [-0.2, -0.15) is 5.10 Å². The van der Waals surface area contributed by atoms with E-state index in [2.05, 4.69) is 15.4 Å². The number of imidazole rings is 1. The molecule has 1 N–H and O–H groups in total. The first-order chi connectivity index (χ1) is 17.5. The maximum absolute atomic E-state index is 14.2. The van der Waals surface area contributed by atoms with Gasteiger partial charge in [-0.15, -0.1) is 11.8 Å². The molecule has 36 heavy (non-hydrogen) atoms. The number of nitrogens with zero attached hydrogens (tertiary/aromatic N) is 4. The third kappa shape index (κ3) is 3.96. The molecule has 1 fully saturated rings. The van der Waals surface area contributed by atoms with Crippen LogP contribution >= 0.6 is 11.8 Å². The predicted molar refractivity (Wildman–Crippen MR) is 139 cm³/mol. The van der Waals surface area contributed by atoms with Gasteiger partial charge < -0.3 is 5.32 Å². The van der Waals surface area contributed by atoms with Gasteiger partial charge in [0, 0.05) is 23.5 Å². The molecule has 1 aliphatic carbocycles. The van der Waals surface area contributed by atoms with E-state index in [1.54, 1.807) is 35.1 Å². The number of carbonyl (C=O) groups is 1. The number of hydrogen-bond acceptors (Lipinski definition) is 6. The highest BCUT2D eigenvalue weighted by atomic mass is 32.2. The Labute approximate surface area is 212 Å². The summed E-state index contributed by atoms with van der Waals surface area (Å²) in [5.41, 5.74) is 1.86. The van der Waals surface area contributed by atoms with Gasteiger partial charge in [0.1, 0.15) is 11.1 Å². The quantitative estimate of drug-likeness (QED) is 0.387. The number of allylic oxidation sites excluding steroid dienone is 2. The van der Waals surface area contributed by atoms with E-state index in [1.807, 2.05) is 48.6 Å². The number of piperazine rings is 1. The highest BCUT2D eigenvalue weighted by molar-refractivity contribution is 7.99. The summed E-state index contributed by atoms with van der Waals surface area (Å²) < 4.78 is 31.5. The number of thioether (sulfide) groups is 1. The fraction of sp³-hybridized carbons (Fsp3) is 0.192. The molecule has 1 amide bonds. The van der Waals surface area contributed by atoms with Crippen molar-refractivity contribution in [1.29, 1.82) is 0 Å². The second kappa shape index (κ2) is 9.11. The van der Waals surface area contributed by atoms with Gasteiger partial charge in [0.25, 0.3) is 10.0 Å². The average molecular weight is 518 g/mol. The fourth-order valence-corrected chi connectivity index (χ4v) is 7.45. The molecule has 0 bridgehead atoms. The van der Waals surface area contributed by atoms with Crippen LogP contribution < -0.4 is 5.32 Å². The molecule has 4 aromatic rings. The first-order valence-corrected chi connectivity index (χ1v) is 14.1. The van der Waals surface area contributed by atoms with E-state index < -0.39 is 16.1 Å². The van der Waals surface area contributed by atoms with Crippen molar-refractivity contribution in [2.45, 2.75) is 35.2 Å². The minimum absolute atomic E-state index is 0.200. The lowest BCUT2D eigenvalue weighted by molar-refractivity contribution is -0.124. The third-order valence-corrected chi connectivity index (χ3v) is 9.20. The monoisotopic (exact) mass is 517 g/mol. The second-order valence-electron chi connectivity index (χ2n) is 8.61. The molecule has 2 aromatic heterocycles. The molecule has 2 aromatic carbocycles. The van der Waals surface area contributed by atoms with Crippen LogP contribution in [0.25, 0.3) is 16.4 Å². The van der Waals surface area contributed by atoms with E-state index in [1.165, 1.54) is 16.1 Å². The zero-order valence-corrected chi connectivity index (χ0v) is 20.9. The average Bonchev–Trinajstić information content (AvgIpc) is 3.36. The summed E-state index contributed by atoms with van der Waals surface area (Å²) in [6.07, 6.45) is 9.06. The number of nitrogens with one attached hydrogen (secondary N) is 1. The van der Waals surface area contributed by atoms with Gasteiger partial charge in [-0.3, -0.25) is 9.10 Å². The van der Waals surface area contributed by atoms with Gasteiger partial charge >= 0.3 is 0 Å². The number of benzene rings is 2. The Hall–Kier alpha value is -3.63. The SMILES string of the molecule is O=C1NC2=CCCC=C2N(S(=O)(=O)c2cccc3ccccc23)C1CCSc1ccc2nccn2n1. The molecule has 1 atom stereocenters. The Morgan fingerprint density at radius 1 is 1.03 bits per heavy atom. The lowest BCUT2D eigenvalue weighted by atomic mass is 10.0. The van der Waals surface area contributed by atoms with Crippen molar-refractivity contribution in [2.75, 3.05) is 5.75 Å². The largest absolute Gasteiger partial charge is 0.323 e. The van der Waals surface area contributed by atoms with E-state index in [9.17, 15) is 13.2 Å². The van der Waals surface area contributed by atoms with Crippen LogP contribution in [0.3, 0.4) is 0 Å². The van der Waals surface area contributed by atoms with Gasteiger partial charge in [-0.05, 0) is 42.8 Å². The molecule has 8 nitrogen and oxygen atoms in total. The van der Waals surface area contributed by atoms with Crippen LogP contribution in [0.2, 0.25) is 0 Å². The molecule has 0 saturated carbocycles. The van der Waals surface area contributed by atoms with Crippen LogP contribution in [0.15, 0.2) is 100 Å². The molecular weight excluding hydrogens is 494 g/mol. The van der Waals surface area contributed by atoms with Crippen molar-refractivity contribution < 1.29 is 13.2 Å². The topological polar surface area (TPSA) is 96.7 Å². The number of aromatic nitrogens is 3. The highest BCUT2D eigenvalue weighted by Crippen LogP contribution is 2.36. The molecule has 3 heterocycles. The minimum Gasteiger partial charge on any atom is -0.323 e. The van der Waals surface area contributed by atoms with E-state index >= 15 is 0 Å². The Kier molecular flexibility index (Phi) is 5.77. The maximum Gasteiger partial charge on any atom is 0.265 e. The van der Waals surface area contributed by atoms with Crippen LogP contribution in [0, 0.1) is 0 Å². The van der Waals surface area contributed by atoms with E-state index in [4.69, 9.17) is 0 Å². The fourth-order valence-electron chi connectivity index (χ4n) is 4.70. The van der Waals surface area contributed by atoms with Crippen molar-refractivity contribution in [3.8, 4) is 0 Å². The third-order valence-electron chi connectivity index (χ3n) is 6.37. The van der Waals surface area contributed by atoms with Crippen LogP contribution in [-0.2, 0) is 14.8 Å². The van der Waals surface area contributed by atoms with E-state index in [0.717, 1.165) is 22.5 Å². The van der Waals surface area contributed by atoms with Crippen LogP contribution in [0.1, 0.15) is 19.3 Å². The molecule has 10 heteroatoms. The summed E-state index contributed by atoms with van der Waals surface area (Å²) in [6, 6.07) is 15.5. The minimum atomic E-state index is -4.03. The highest BCUT2D eigenvalue weighted by Gasteiger charge is 2.43. The summed E-state index contributed by atoms with van der Waals surface area (Å²) in [7, 11) is -4.03. The Bertz CT molecular complexity index is 1650. The first kappa shape index (κ1) is 22.8. The molecule has 2 aliphatic rings. The zero-order chi connectivity index (χ0) is 24.7. The molecule has 6 rings (SSSR count). The lowest BCUT2D eigenvalue weighted by Crippen LogP contribution is -2.55. The molecule has 1 aliphatic heterocycles. The smallest absolute Gasteiger partial charge is 0.265 e. The molecular formula is C26H23N5O3S2. The number of amides is 1. The molecule has 182 valence electrons. The zero-order valence-electron chi connectivity index (χ0n) is 19.2. The van der Waals surface area contributed by atoms with Crippen molar-refractivity contribution in [2.24, 2.45) is 0 Å². The number of fused-ring (bicyclic) bond motifs is 3. The van der Waals surface area contributed by atoms with Crippen molar-refractivity contribution in [1.82, 2.24) is 24.2 Å². The molecule has 0 radical (unpaired) electrons.